The van der Waals surface area contributed by atoms with Crippen LogP contribution in [0.5, 0.6) is 0 Å². The summed E-state index contributed by atoms with van der Waals surface area (Å²) < 4.78 is 0. The Morgan fingerprint density at radius 3 is 2.71 bits per heavy atom. The molecule has 0 unspecified atom stereocenters. The van der Waals surface area contributed by atoms with Crippen LogP contribution < -0.4 is 5.32 Å². The minimum absolute atomic E-state index is 0.288. The number of pyridine rings is 1. The van der Waals surface area contributed by atoms with Crippen LogP contribution >= 0.6 is 11.3 Å². The molecule has 0 saturated heterocycles. The summed E-state index contributed by atoms with van der Waals surface area (Å²) in [6, 6.07) is 3.79. The van der Waals surface area contributed by atoms with Crippen molar-refractivity contribution in [2.24, 2.45) is 0 Å². The molecule has 3 aromatic rings. The quantitative estimate of drug-likeness (QED) is 0.772. The van der Waals surface area contributed by atoms with Gasteiger partial charge in [-0.05, 0) is 31.5 Å². The molecule has 0 aliphatic rings. The zero-order valence-corrected chi connectivity index (χ0v) is 12.2. The average molecular weight is 300 g/mol. The van der Waals surface area contributed by atoms with Gasteiger partial charge in [0.15, 0.2) is 0 Å². The maximum atomic E-state index is 11.2. The molecule has 0 fully saturated rings. The summed E-state index contributed by atoms with van der Waals surface area (Å²) in [5.41, 5.74) is 2.39. The minimum Gasteiger partial charge on any atom is -0.477 e. The van der Waals surface area contributed by atoms with E-state index in [1.54, 1.807) is 13.1 Å². The van der Waals surface area contributed by atoms with Gasteiger partial charge in [0, 0.05) is 5.69 Å². The van der Waals surface area contributed by atoms with Crippen molar-refractivity contribution in [3.63, 3.8) is 0 Å². The van der Waals surface area contributed by atoms with Gasteiger partial charge < -0.3 is 10.4 Å². The molecule has 106 valence electrons. The van der Waals surface area contributed by atoms with Crippen LogP contribution in [-0.2, 0) is 0 Å². The van der Waals surface area contributed by atoms with Crippen molar-refractivity contribution < 1.29 is 9.90 Å². The van der Waals surface area contributed by atoms with Crippen LogP contribution in [0.1, 0.15) is 20.9 Å². The summed E-state index contributed by atoms with van der Waals surface area (Å²) in [6.07, 6.45) is 3.14. The lowest BCUT2D eigenvalue weighted by Gasteiger charge is -2.07. The molecule has 0 bridgehead atoms. The third-order valence-corrected chi connectivity index (χ3v) is 4.28. The predicted octanol–water partition coefficient (Wildman–Crippen LogP) is 3.14. The highest BCUT2D eigenvalue weighted by Crippen LogP contribution is 2.34. The Morgan fingerprint density at radius 2 is 2.05 bits per heavy atom. The molecule has 0 aromatic carbocycles. The van der Waals surface area contributed by atoms with Crippen LogP contribution in [0.2, 0.25) is 0 Å². The van der Waals surface area contributed by atoms with Gasteiger partial charge in [0.05, 0.1) is 17.3 Å². The zero-order valence-electron chi connectivity index (χ0n) is 11.4. The number of hydrogen-bond acceptors (Lipinski definition) is 6. The monoisotopic (exact) mass is 300 g/mol. The van der Waals surface area contributed by atoms with Gasteiger partial charge in [-0.15, -0.1) is 11.3 Å². The molecule has 0 amide bonds. The summed E-state index contributed by atoms with van der Waals surface area (Å²) >= 11 is 1.15. The maximum absolute atomic E-state index is 11.2. The second-order valence-corrected chi connectivity index (χ2v) is 5.58. The lowest BCUT2D eigenvalue weighted by Crippen LogP contribution is -1.97. The van der Waals surface area contributed by atoms with E-state index in [2.05, 4.69) is 20.3 Å². The Labute approximate surface area is 124 Å². The van der Waals surface area contributed by atoms with E-state index >= 15 is 0 Å². The van der Waals surface area contributed by atoms with Crippen molar-refractivity contribution in [1.82, 2.24) is 15.0 Å². The first-order valence-corrected chi connectivity index (χ1v) is 7.05. The fourth-order valence-electron chi connectivity index (χ4n) is 2.05. The van der Waals surface area contributed by atoms with Gasteiger partial charge in [0.2, 0.25) is 0 Å². The Hall–Kier alpha value is -2.54. The van der Waals surface area contributed by atoms with E-state index in [0.29, 0.717) is 16.2 Å². The van der Waals surface area contributed by atoms with Crippen LogP contribution in [0, 0.1) is 13.8 Å². The molecule has 0 radical (unpaired) electrons. The number of nitrogens with one attached hydrogen (secondary N) is 1. The van der Waals surface area contributed by atoms with Crippen LogP contribution in [0.25, 0.3) is 10.2 Å². The van der Waals surface area contributed by atoms with E-state index in [9.17, 15) is 9.90 Å². The number of nitrogens with zero attached hydrogens (tertiary/aromatic N) is 3. The number of anilines is 2. The molecule has 7 heteroatoms. The predicted molar refractivity (Wildman–Crippen MR) is 81.4 cm³/mol. The van der Waals surface area contributed by atoms with Gasteiger partial charge in [-0.2, -0.15) is 0 Å². The maximum Gasteiger partial charge on any atom is 0.346 e. The van der Waals surface area contributed by atoms with Gasteiger partial charge in [-0.3, -0.25) is 4.98 Å². The molecule has 0 saturated carbocycles. The standard InChI is InChI=1S/C14H12N4O2S/c1-7-3-4-9(5-15-7)18-12-10-8(2)11(14(19)20)21-13(10)17-6-16-12/h3-6H,1-2H3,(H,19,20)(H,16,17,18). The molecular formula is C14H12N4O2S. The number of fused-ring (bicyclic) bond motifs is 1. The second kappa shape index (κ2) is 5.10. The zero-order chi connectivity index (χ0) is 15.0. The molecule has 0 aliphatic heterocycles. The summed E-state index contributed by atoms with van der Waals surface area (Å²) in [6.45, 7) is 3.68. The fraction of sp³-hybridized carbons (Fsp3) is 0.143. The summed E-state index contributed by atoms with van der Waals surface area (Å²) in [7, 11) is 0. The Morgan fingerprint density at radius 1 is 1.24 bits per heavy atom. The molecule has 3 heterocycles. The Kier molecular flexibility index (Phi) is 3.26. The average Bonchev–Trinajstić information content (AvgIpc) is 2.80. The smallest absolute Gasteiger partial charge is 0.346 e. The van der Waals surface area contributed by atoms with Crippen LogP contribution in [-0.4, -0.2) is 26.0 Å². The lowest BCUT2D eigenvalue weighted by molar-refractivity contribution is 0.0701. The summed E-state index contributed by atoms with van der Waals surface area (Å²) in [5, 5.41) is 13.1. The van der Waals surface area contributed by atoms with E-state index in [4.69, 9.17) is 0 Å². The van der Waals surface area contributed by atoms with Gasteiger partial charge in [-0.25, -0.2) is 14.8 Å². The lowest BCUT2D eigenvalue weighted by atomic mass is 10.2. The van der Waals surface area contributed by atoms with E-state index in [0.717, 1.165) is 28.1 Å². The molecular weight excluding hydrogens is 288 g/mol. The van der Waals surface area contributed by atoms with Crippen molar-refractivity contribution in [2.75, 3.05) is 5.32 Å². The molecule has 21 heavy (non-hydrogen) atoms. The number of carboxylic acid groups (broad SMARTS) is 1. The highest BCUT2D eigenvalue weighted by Gasteiger charge is 2.18. The first-order chi connectivity index (χ1) is 10.1. The van der Waals surface area contributed by atoms with E-state index < -0.39 is 5.97 Å². The molecule has 0 atom stereocenters. The number of thiophene rings is 1. The fourth-order valence-corrected chi connectivity index (χ4v) is 3.04. The van der Waals surface area contributed by atoms with Crippen LogP contribution in [0.15, 0.2) is 24.7 Å². The van der Waals surface area contributed by atoms with Gasteiger partial charge >= 0.3 is 5.97 Å². The first kappa shape index (κ1) is 13.4. The Balaban J connectivity index is 2.10. The highest BCUT2D eigenvalue weighted by atomic mass is 32.1. The number of aromatic carboxylic acids is 1. The van der Waals surface area contributed by atoms with Crippen LogP contribution in [0.3, 0.4) is 0 Å². The topological polar surface area (TPSA) is 88.0 Å². The van der Waals surface area contributed by atoms with Gasteiger partial charge in [0.1, 0.15) is 21.9 Å². The van der Waals surface area contributed by atoms with E-state index in [-0.39, 0.29) is 4.88 Å². The molecule has 3 aromatic heterocycles. The van der Waals surface area contributed by atoms with Crippen molar-refractivity contribution >= 4 is 39.0 Å². The van der Waals surface area contributed by atoms with Crippen molar-refractivity contribution in [1.29, 1.82) is 0 Å². The molecule has 6 nitrogen and oxygen atoms in total. The number of hydrogen-bond donors (Lipinski definition) is 2. The second-order valence-electron chi connectivity index (χ2n) is 4.58. The Bertz CT molecular complexity index is 827. The largest absolute Gasteiger partial charge is 0.477 e. The minimum atomic E-state index is -0.946. The number of aryl methyl sites for hydroxylation is 2. The molecule has 2 N–H and O–H groups in total. The van der Waals surface area contributed by atoms with Crippen molar-refractivity contribution in [2.45, 2.75) is 13.8 Å². The highest BCUT2D eigenvalue weighted by molar-refractivity contribution is 7.20. The first-order valence-electron chi connectivity index (χ1n) is 6.23. The molecule has 0 spiro atoms. The normalized spacial score (nSPS) is 10.8. The number of aromatic nitrogens is 3. The van der Waals surface area contributed by atoms with Gasteiger partial charge in [-0.1, -0.05) is 0 Å². The summed E-state index contributed by atoms with van der Waals surface area (Å²) in [4.78, 5) is 24.8. The van der Waals surface area contributed by atoms with Crippen molar-refractivity contribution in [3.8, 4) is 0 Å². The van der Waals surface area contributed by atoms with E-state index in [1.165, 1.54) is 6.33 Å². The third kappa shape index (κ3) is 2.43. The molecule has 3 rings (SSSR count). The number of carboxylic acids is 1. The SMILES string of the molecule is Cc1ccc(Nc2ncnc3sc(C(=O)O)c(C)c23)cn1. The summed E-state index contributed by atoms with van der Waals surface area (Å²) in [5.74, 6) is -0.356. The van der Waals surface area contributed by atoms with Crippen LogP contribution in [0.4, 0.5) is 11.5 Å². The third-order valence-electron chi connectivity index (χ3n) is 3.10. The van der Waals surface area contributed by atoms with Gasteiger partial charge in [0.25, 0.3) is 0 Å². The number of rotatable bonds is 3. The number of carbonyl (C=O) groups is 1. The van der Waals surface area contributed by atoms with Crippen molar-refractivity contribution in [3.05, 3.63) is 40.8 Å². The molecule has 0 aliphatic carbocycles. The van der Waals surface area contributed by atoms with E-state index in [1.807, 2.05) is 19.1 Å².